The van der Waals surface area contributed by atoms with Gasteiger partial charge in [-0.25, -0.2) is 4.39 Å². The van der Waals surface area contributed by atoms with Crippen molar-refractivity contribution in [2.45, 2.75) is 58.0 Å². The molecular weight excluding hydrogens is 339 g/mol. The van der Waals surface area contributed by atoms with E-state index in [1.807, 2.05) is 28.8 Å². The van der Waals surface area contributed by atoms with Crippen molar-refractivity contribution in [3.8, 4) is 0 Å². The topological polar surface area (TPSA) is 33.5 Å². The number of carbonyl (C=O) groups is 1. The summed E-state index contributed by atoms with van der Waals surface area (Å²) >= 11 is 6.36. The second-order valence-electron chi connectivity index (χ2n) is 7.44. The molecule has 2 aromatic rings. The second kappa shape index (κ2) is 7.36. The maximum Gasteiger partial charge on any atom is 0.253 e. The summed E-state index contributed by atoms with van der Waals surface area (Å²) < 4.78 is 15.9. The molecule has 0 aliphatic heterocycles. The molecule has 0 atom stereocenters. The molecule has 0 radical (unpaired) electrons. The molecule has 0 saturated heterocycles. The van der Waals surface area contributed by atoms with E-state index < -0.39 is 5.67 Å². The third kappa shape index (κ3) is 4.00. The summed E-state index contributed by atoms with van der Waals surface area (Å²) in [6, 6.07) is 5.65. The van der Waals surface area contributed by atoms with Gasteiger partial charge in [0.25, 0.3) is 5.91 Å². The summed E-state index contributed by atoms with van der Waals surface area (Å²) in [7, 11) is 0. The number of amides is 1. The number of nitrogens with zero attached hydrogens (tertiary/aromatic N) is 1. The molecule has 2 heterocycles. The van der Waals surface area contributed by atoms with Crippen molar-refractivity contribution in [3.05, 3.63) is 40.7 Å². The van der Waals surface area contributed by atoms with Gasteiger partial charge >= 0.3 is 0 Å². The number of alkyl halides is 1. The lowest BCUT2D eigenvalue weighted by molar-refractivity contribution is 0.0895. The molecule has 0 spiro atoms. The zero-order chi connectivity index (χ0) is 18.0. The summed E-state index contributed by atoms with van der Waals surface area (Å²) in [5, 5.41) is 3.62. The Bertz CT molecular complexity index is 758. The van der Waals surface area contributed by atoms with Crippen molar-refractivity contribution in [1.82, 2.24) is 9.72 Å². The van der Waals surface area contributed by atoms with E-state index in [0.29, 0.717) is 35.9 Å². The smallest absolute Gasteiger partial charge is 0.253 e. The average molecular weight is 365 g/mol. The van der Waals surface area contributed by atoms with Crippen molar-refractivity contribution >= 4 is 23.0 Å². The number of rotatable bonds is 5. The van der Waals surface area contributed by atoms with Crippen molar-refractivity contribution in [1.29, 1.82) is 0 Å². The minimum atomic E-state index is -1.04. The predicted molar refractivity (Wildman–Crippen MR) is 100 cm³/mol. The van der Waals surface area contributed by atoms with Crippen LogP contribution in [0.3, 0.4) is 0 Å². The Kier molecular flexibility index (Phi) is 5.38. The van der Waals surface area contributed by atoms with Gasteiger partial charge in [0.2, 0.25) is 0 Å². The summed E-state index contributed by atoms with van der Waals surface area (Å²) in [4.78, 5) is 12.7. The first kappa shape index (κ1) is 18.2. The third-order valence-corrected chi connectivity index (χ3v) is 5.58. The minimum Gasteiger partial charge on any atom is -0.352 e. The van der Waals surface area contributed by atoms with Gasteiger partial charge in [0.1, 0.15) is 5.67 Å². The van der Waals surface area contributed by atoms with Gasteiger partial charge in [0.15, 0.2) is 0 Å². The van der Waals surface area contributed by atoms with Gasteiger partial charge in [-0.15, -0.1) is 0 Å². The van der Waals surface area contributed by atoms with Crippen LogP contribution in [-0.4, -0.2) is 22.5 Å². The fourth-order valence-electron chi connectivity index (χ4n) is 3.72. The minimum absolute atomic E-state index is 0.0958. The van der Waals surface area contributed by atoms with Crippen molar-refractivity contribution in [2.24, 2.45) is 5.92 Å². The number of halogens is 2. The van der Waals surface area contributed by atoms with Crippen LogP contribution in [0.1, 0.15) is 62.0 Å². The summed E-state index contributed by atoms with van der Waals surface area (Å²) in [5.74, 6) is 0.258. The first-order valence-corrected chi connectivity index (χ1v) is 9.54. The Labute approximate surface area is 153 Å². The van der Waals surface area contributed by atoms with Gasteiger partial charge < -0.3 is 9.72 Å². The first-order valence-electron chi connectivity index (χ1n) is 9.17. The third-order valence-electron chi connectivity index (χ3n) is 5.27. The molecule has 25 heavy (non-hydrogen) atoms. The summed E-state index contributed by atoms with van der Waals surface area (Å²) in [6.45, 7) is 4.39. The first-order chi connectivity index (χ1) is 11.9. The summed E-state index contributed by atoms with van der Waals surface area (Å²) in [6.07, 6.45) is 6.66. The van der Waals surface area contributed by atoms with Gasteiger partial charge in [-0.3, -0.25) is 4.79 Å². The molecule has 1 aliphatic carbocycles. The molecule has 1 N–H and O–H groups in total. The maximum absolute atomic E-state index is 13.9. The van der Waals surface area contributed by atoms with Crippen LogP contribution in [0.2, 0.25) is 5.02 Å². The lowest BCUT2D eigenvalue weighted by Crippen LogP contribution is -2.34. The lowest BCUT2D eigenvalue weighted by atomic mass is 9.81. The van der Waals surface area contributed by atoms with E-state index in [-0.39, 0.29) is 5.91 Å². The van der Waals surface area contributed by atoms with E-state index in [1.54, 1.807) is 6.92 Å². The van der Waals surface area contributed by atoms with E-state index >= 15 is 0 Å². The summed E-state index contributed by atoms with van der Waals surface area (Å²) in [5.41, 5.74) is 1.45. The van der Waals surface area contributed by atoms with E-state index in [0.717, 1.165) is 36.9 Å². The van der Waals surface area contributed by atoms with E-state index in [1.165, 1.54) is 0 Å². The van der Waals surface area contributed by atoms with Crippen molar-refractivity contribution in [3.63, 3.8) is 0 Å². The number of hydrogen-bond donors (Lipinski definition) is 1. The molecule has 1 saturated carbocycles. The lowest BCUT2D eigenvalue weighted by Gasteiger charge is -2.31. The van der Waals surface area contributed by atoms with Gasteiger partial charge in [0, 0.05) is 18.4 Å². The van der Waals surface area contributed by atoms with Crippen LogP contribution in [0.4, 0.5) is 4.39 Å². The number of aromatic nitrogens is 1. The van der Waals surface area contributed by atoms with Crippen LogP contribution in [0.15, 0.2) is 24.4 Å². The number of nitrogens with one attached hydrogen (secondary N) is 1. The van der Waals surface area contributed by atoms with Gasteiger partial charge in [0.05, 0.1) is 16.1 Å². The Balaban J connectivity index is 1.74. The molecule has 1 fully saturated rings. The molecule has 1 amide bonds. The zero-order valence-corrected chi connectivity index (χ0v) is 15.7. The fourth-order valence-corrected chi connectivity index (χ4v) is 3.99. The van der Waals surface area contributed by atoms with Crippen LogP contribution in [0, 0.1) is 5.92 Å². The molecule has 0 bridgehead atoms. The van der Waals surface area contributed by atoms with Gasteiger partial charge in [-0.1, -0.05) is 24.9 Å². The molecule has 3 rings (SSSR count). The second-order valence-corrected chi connectivity index (χ2v) is 7.85. The van der Waals surface area contributed by atoms with Gasteiger partial charge in [-0.05, 0) is 63.1 Å². The maximum atomic E-state index is 13.9. The molecule has 1 aliphatic rings. The number of fused-ring (bicyclic) bond motifs is 1. The highest BCUT2D eigenvalue weighted by Crippen LogP contribution is 2.34. The molecule has 0 unspecified atom stereocenters. The van der Waals surface area contributed by atoms with Crippen LogP contribution in [-0.2, 0) is 6.42 Å². The largest absolute Gasteiger partial charge is 0.352 e. The van der Waals surface area contributed by atoms with E-state index in [4.69, 9.17) is 11.6 Å². The monoisotopic (exact) mass is 364 g/mol. The average Bonchev–Trinajstić information content (AvgIpc) is 2.94. The fraction of sp³-hybridized carbons (Fsp3) is 0.550. The highest BCUT2D eigenvalue weighted by molar-refractivity contribution is 6.34. The van der Waals surface area contributed by atoms with Crippen molar-refractivity contribution in [2.75, 3.05) is 6.54 Å². The molecule has 5 heteroatoms. The molecule has 0 aromatic carbocycles. The molecular formula is C20H26ClFN2O. The Morgan fingerprint density at radius 2 is 2.16 bits per heavy atom. The number of carbonyl (C=O) groups excluding carboxylic acids is 1. The van der Waals surface area contributed by atoms with Crippen LogP contribution < -0.4 is 5.32 Å². The van der Waals surface area contributed by atoms with Gasteiger partial charge in [-0.2, -0.15) is 0 Å². The molecule has 136 valence electrons. The quantitative estimate of drug-likeness (QED) is 0.777. The number of pyridine rings is 1. The molecule has 3 nitrogen and oxygen atoms in total. The van der Waals surface area contributed by atoms with E-state index in [9.17, 15) is 9.18 Å². The van der Waals surface area contributed by atoms with Crippen LogP contribution >= 0.6 is 11.6 Å². The van der Waals surface area contributed by atoms with Crippen LogP contribution in [0.5, 0.6) is 0 Å². The number of hydrogen-bond acceptors (Lipinski definition) is 1. The zero-order valence-electron chi connectivity index (χ0n) is 14.9. The Hall–Kier alpha value is -1.55. The number of aryl methyl sites for hydroxylation is 1. The van der Waals surface area contributed by atoms with Crippen LogP contribution in [0.25, 0.3) is 5.52 Å². The molecule has 2 aromatic heterocycles. The Morgan fingerprint density at radius 3 is 2.84 bits per heavy atom. The van der Waals surface area contributed by atoms with Crippen molar-refractivity contribution < 1.29 is 9.18 Å². The normalized spacial score (nSPS) is 23.8. The highest BCUT2D eigenvalue weighted by Gasteiger charge is 2.30. The standard InChI is InChI=1S/C20H26ClFN2O/c1-3-5-15-12-16(18-17(21)6-4-11-24(15)18)19(25)23-13-14-7-9-20(2,22)10-8-14/h4,6,11-12,14H,3,5,7-10,13H2,1-2H3,(H,23,25). The van der Waals surface area contributed by atoms with E-state index in [2.05, 4.69) is 12.2 Å². The Morgan fingerprint density at radius 1 is 1.44 bits per heavy atom. The SMILES string of the molecule is CCCc1cc(C(=O)NCC2CCC(C)(F)CC2)c2c(Cl)cccn12. The highest BCUT2D eigenvalue weighted by atomic mass is 35.5. The predicted octanol–water partition coefficient (Wildman–Crippen LogP) is 5.19.